The van der Waals surface area contributed by atoms with E-state index in [0.717, 1.165) is 5.56 Å². The normalized spacial score (nSPS) is 10.9. The van der Waals surface area contributed by atoms with Crippen LogP contribution in [0, 0.1) is 0 Å². The third kappa shape index (κ3) is 6.64. The number of esters is 1. The molecule has 0 aliphatic rings. The van der Waals surface area contributed by atoms with Crippen molar-refractivity contribution in [2.45, 2.75) is 0 Å². The number of ether oxygens (including phenoxy) is 1. The highest BCUT2D eigenvalue weighted by molar-refractivity contribution is 6.02. The van der Waals surface area contributed by atoms with E-state index in [1.807, 2.05) is 30.3 Å². The van der Waals surface area contributed by atoms with Crippen LogP contribution in [-0.2, 0) is 4.79 Å². The highest BCUT2D eigenvalue weighted by Crippen LogP contribution is 2.18. The van der Waals surface area contributed by atoms with Crippen molar-refractivity contribution in [3.63, 3.8) is 0 Å². The number of para-hydroxylation sites is 1. The van der Waals surface area contributed by atoms with Crippen LogP contribution in [0.3, 0.4) is 0 Å². The van der Waals surface area contributed by atoms with Crippen LogP contribution in [0.2, 0.25) is 0 Å². The van der Waals surface area contributed by atoms with Gasteiger partial charge in [0, 0.05) is 22.9 Å². The van der Waals surface area contributed by atoms with Crippen LogP contribution >= 0.6 is 0 Å². The van der Waals surface area contributed by atoms with Gasteiger partial charge >= 0.3 is 5.97 Å². The SMILES string of the molecule is O=C(/C=C/c1ccccc1)Nc1ccc(C(=O)N/N=C\c2ccccc2OC(=O)c2ccco2)cc1. The molecule has 0 saturated carbocycles. The van der Waals surface area contributed by atoms with Gasteiger partial charge in [0.15, 0.2) is 0 Å². The number of nitrogens with zero attached hydrogens (tertiary/aromatic N) is 1. The van der Waals surface area contributed by atoms with Gasteiger partial charge in [0.05, 0.1) is 12.5 Å². The zero-order valence-electron chi connectivity index (χ0n) is 19.0. The zero-order chi connectivity index (χ0) is 25.2. The standard InChI is InChI=1S/C28H21N3O5/c32-26(17-12-20-7-2-1-3-8-20)30-23-15-13-21(14-16-23)27(33)31-29-19-22-9-4-5-10-24(22)36-28(34)25-11-6-18-35-25/h1-19H,(H,30,32)(H,31,33)/b17-12+,29-19-. The first-order chi connectivity index (χ1) is 17.6. The molecule has 0 saturated heterocycles. The summed E-state index contributed by atoms with van der Waals surface area (Å²) in [6.07, 6.45) is 5.90. The van der Waals surface area contributed by atoms with Crippen molar-refractivity contribution in [3.8, 4) is 5.75 Å². The van der Waals surface area contributed by atoms with Crippen LogP contribution in [0.25, 0.3) is 6.08 Å². The minimum absolute atomic E-state index is 0.0712. The molecule has 0 atom stereocenters. The summed E-state index contributed by atoms with van der Waals surface area (Å²) in [7, 11) is 0. The minimum atomic E-state index is -0.646. The van der Waals surface area contributed by atoms with Gasteiger partial charge in [-0.15, -0.1) is 0 Å². The quantitative estimate of drug-likeness (QED) is 0.123. The fourth-order valence-electron chi connectivity index (χ4n) is 3.07. The lowest BCUT2D eigenvalue weighted by atomic mass is 10.2. The first-order valence-corrected chi connectivity index (χ1v) is 10.9. The van der Waals surface area contributed by atoms with E-state index in [2.05, 4.69) is 15.8 Å². The van der Waals surface area contributed by atoms with Crippen molar-refractivity contribution >= 4 is 35.8 Å². The second kappa shape index (κ2) is 11.8. The summed E-state index contributed by atoms with van der Waals surface area (Å²) < 4.78 is 10.4. The van der Waals surface area contributed by atoms with Gasteiger partial charge in [-0.25, -0.2) is 10.2 Å². The highest BCUT2D eigenvalue weighted by Gasteiger charge is 2.13. The van der Waals surface area contributed by atoms with Crippen LogP contribution in [-0.4, -0.2) is 24.0 Å². The number of hydrogen-bond donors (Lipinski definition) is 2. The molecule has 2 amide bonds. The molecule has 4 rings (SSSR count). The van der Waals surface area contributed by atoms with Gasteiger partial charge in [-0.2, -0.15) is 5.10 Å². The molecule has 0 aliphatic carbocycles. The number of hydrogen-bond acceptors (Lipinski definition) is 6. The highest BCUT2D eigenvalue weighted by atomic mass is 16.5. The fraction of sp³-hybridized carbons (Fsp3) is 0. The second-order valence-corrected chi connectivity index (χ2v) is 7.41. The molecule has 3 aromatic carbocycles. The Morgan fingerprint density at radius 2 is 1.58 bits per heavy atom. The van der Waals surface area contributed by atoms with E-state index in [1.54, 1.807) is 60.7 Å². The summed E-state index contributed by atoms with van der Waals surface area (Å²) in [4.78, 5) is 36.7. The lowest BCUT2D eigenvalue weighted by Crippen LogP contribution is -2.18. The Morgan fingerprint density at radius 1 is 0.833 bits per heavy atom. The van der Waals surface area contributed by atoms with E-state index >= 15 is 0 Å². The molecule has 0 aliphatic heterocycles. The molecule has 8 heteroatoms. The van der Waals surface area contributed by atoms with Crippen LogP contribution in [0.15, 0.2) is 113 Å². The number of rotatable bonds is 8. The summed E-state index contributed by atoms with van der Waals surface area (Å²) >= 11 is 0. The van der Waals surface area contributed by atoms with E-state index < -0.39 is 11.9 Å². The number of nitrogens with one attached hydrogen (secondary N) is 2. The number of benzene rings is 3. The number of hydrazone groups is 1. The lowest BCUT2D eigenvalue weighted by molar-refractivity contribution is -0.111. The fourth-order valence-corrected chi connectivity index (χ4v) is 3.07. The molecule has 178 valence electrons. The van der Waals surface area contributed by atoms with E-state index in [4.69, 9.17) is 9.15 Å². The Balaban J connectivity index is 1.31. The third-order valence-electron chi connectivity index (χ3n) is 4.86. The van der Waals surface area contributed by atoms with Crippen molar-refractivity contribution < 1.29 is 23.5 Å². The van der Waals surface area contributed by atoms with Crippen LogP contribution in [0.1, 0.15) is 32.0 Å². The topological polar surface area (TPSA) is 110 Å². The molecule has 0 radical (unpaired) electrons. The van der Waals surface area contributed by atoms with Crippen molar-refractivity contribution in [2.75, 3.05) is 5.32 Å². The Bertz CT molecular complexity index is 1390. The summed E-state index contributed by atoms with van der Waals surface area (Å²) in [6, 6.07) is 25.7. The molecule has 1 heterocycles. The maximum absolute atomic E-state index is 12.4. The lowest BCUT2D eigenvalue weighted by Gasteiger charge is -2.06. The Hall–Kier alpha value is -5.24. The molecule has 0 bridgehead atoms. The summed E-state index contributed by atoms with van der Waals surface area (Å²) in [5.74, 6) is -1.04. The molecular formula is C28H21N3O5. The zero-order valence-corrected chi connectivity index (χ0v) is 19.0. The third-order valence-corrected chi connectivity index (χ3v) is 4.86. The molecule has 0 unspecified atom stereocenters. The first-order valence-electron chi connectivity index (χ1n) is 10.9. The Kier molecular flexibility index (Phi) is 7.81. The van der Waals surface area contributed by atoms with Gasteiger partial charge in [-0.05, 0) is 60.2 Å². The Morgan fingerprint density at radius 3 is 2.33 bits per heavy atom. The molecule has 8 nitrogen and oxygen atoms in total. The molecule has 4 aromatic rings. The Labute approximate surface area is 206 Å². The van der Waals surface area contributed by atoms with Crippen LogP contribution in [0.4, 0.5) is 5.69 Å². The molecule has 1 aromatic heterocycles. The van der Waals surface area contributed by atoms with Crippen molar-refractivity contribution in [3.05, 3.63) is 126 Å². The van der Waals surface area contributed by atoms with Crippen molar-refractivity contribution in [1.29, 1.82) is 0 Å². The predicted octanol–water partition coefficient (Wildman–Crippen LogP) is 4.91. The van der Waals surface area contributed by atoms with Crippen molar-refractivity contribution in [1.82, 2.24) is 5.43 Å². The van der Waals surface area contributed by atoms with E-state index in [9.17, 15) is 14.4 Å². The molecular weight excluding hydrogens is 458 g/mol. The molecule has 36 heavy (non-hydrogen) atoms. The van der Waals surface area contributed by atoms with Gasteiger partial charge in [0.2, 0.25) is 11.7 Å². The summed E-state index contributed by atoms with van der Waals surface area (Å²) in [5, 5.41) is 6.69. The molecule has 0 fully saturated rings. The number of amides is 2. The summed E-state index contributed by atoms with van der Waals surface area (Å²) in [5.41, 5.74) is 4.72. The van der Waals surface area contributed by atoms with E-state index in [-0.39, 0.29) is 17.4 Å². The molecule has 2 N–H and O–H groups in total. The average Bonchev–Trinajstić information content (AvgIpc) is 3.45. The monoisotopic (exact) mass is 479 g/mol. The van der Waals surface area contributed by atoms with Crippen LogP contribution in [0.5, 0.6) is 5.75 Å². The number of anilines is 1. The number of furan rings is 1. The van der Waals surface area contributed by atoms with Gasteiger partial charge in [0.25, 0.3) is 5.91 Å². The maximum Gasteiger partial charge on any atom is 0.379 e. The van der Waals surface area contributed by atoms with E-state index in [0.29, 0.717) is 16.8 Å². The first kappa shape index (κ1) is 23.9. The smallest absolute Gasteiger partial charge is 0.379 e. The molecule has 0 spiro atoms. The maximum atomic E-state index is 12.4. The largest absolute Gasteiger partial charge is 0.457 e. The summed E-state index contributed by atoms with van der Waals surface area (Å²) in [6.45, 7) is 0. The van der Waals surface area contributed by atoms with E-state index in [1.165, 1.54) is 24.6 Å². The van der Waals surface area contributed by atoms with Crippen molar-refractivity contribution in [2.24, 2.45) is 5.10 Å². The van der Waals surface area contributed by atoms with Crippen LogP contribution < -0.4 is 15.5 Å². The predicted molar refractivity (Wildman–Crippen MR) is 136 cm³/mol. The number of carbonyl (C=O) groups excluding carboxylic acids is 3. The minimum Gasteiger partial charge on any atom is -0.457 e. The van der Waals surface area contributed by atoms with Gasteiger partial charge in [0.1, 0.15) is 5.75 Å². The number of carbonyl (C=O) groups is 3. The van der Waals surface area contributed by atoms with Gasteiger partial charge in [-0.3, -0.25) is 9.59 Å². The second-order valence-electron chi connectivity index (χ2n) is 7.41. The van der Waals surface area contributed by atoms with Gasteiger partial charge in [-0.1, -0.05) is 42.5 Å². The van der Waals surface area contributed by atoms with Gasteiger partial charge < -0.3 is 14.5 Å². The average molecular weight is 479 g/mol.